The number of hydrogen-bond donors (Lipinski definition) is 1. The molecular weight excluding hydrogens is 540 g/mol. The lowest BCUT2D eigenvalue weighted by Gasteiger charge is -2.42. The lowest BCUT2D eigenvalue weighted by molar-refractivity contribution is -0.133. The number of carbonyl (C=O) groups excluding carboxylic acids is 1. The summed E-state index contributed by atoms with van der Waals surface area (Å²) < 4.78 is 23.5. The molecule has 2 amide bonds. The number of sulfone groups is 1. The van der Waals surface area contributed by atoms with E-state index in [1.165, 1.54) is 6.26 Å². The maximum Gasteiger partial charge on any atom is 0.422 e. The van der Waals surface area contributed by atoms with Crippen molar-refractivity contribution in [3.63, 3.8) is 0 Å². The fourth-order valence-corrected chi connectivity index (χ4v) is 6.81. The van der Waals surface area contributed by atoms with Crippen LogP contribution in [0.4, 0.5) is 4.79 Å². The number of piperidine rings is 2. The smallest absolute Gasteiger partial charge is 0.422 e. The summed E-state index contributed by atoms with van der Waals surface area (Å²) in [4.78, 5) is 30.3. The van der Waals surface area contributed by atoms with E-state index in [1.54, 1.807) is 29.3 Å². The SMILES string of the molecule is CCN(C(=O)Cc1ccc(S(C)(=O)=O)cc1)C1CCN(CC[C@@H](c2ccccc2)N(C(=O)O)N2CCCCC2)CC1. The maximum atomic E-state index is 13.2. The molecule has 0 radical (unpaired) electrons. The average Bonchev–Trinajstić information content (AvgIpc) is 2.97. The van der Waals surface area contributed by atoms with Crippen LogP contribution in [0.25, 0.3) is 0 Å². The third kappa shape index (κ3) is 8.30. The van der Waals surface area contributed by atoms with Gasteiger partial charge in [-0.25, -0.2) is 23.2 Å². The van der Waals surface area contributed by atoms with Crippen LogP contribution in [0.15, 0.2) is 59.5 Å². The van der Waals surface area contributed by atoms with Crippen molar-refractivity contribution in [1.82, 2.24) is 19.8 Å². The second-order valence-corrected chi connectivity index (χ2v) is 13.2. The molecule has 2 saturated heterocycles. The van der Waals surface area contributed by atoms with Crippen molar-refractivity contribution in [2.75, 3.05) is 45.5 Å². The van der Waals surface area contributed by atoms with E-state index >= 15 is 0 Å². The number of benzene rings is 2. The van der Waals surface area contributed by atoms with Crippen LogP contribution in [0.2, 0.25) is 0 Å². The van der Waals surface area contributed by atoms with Crippen molar-refractivity contribution in [1.29, 1.82) is 0 Å². The third-order valence-corrected chi connectivity index (χ3v) is 9.53. The summed E-state index contributed by atoms with van der Waals surface area (Å²) >= 11 is 0. The van der Waals surface area contributed by atoms with Crippen LogP contribution >= 0.6 is 0 Å². The highest BCUT2D eigenvalue weighted by atomic mass is 32.2. The van der Waals surface area contributed by atoms with Crippen LogP contribution < -0.4 is 0 Å². The monoisotopic (exact) mass is 584 g/mol. The van der Waals surface area contributed by atoms with Crippen LogP contribution in [0.3, 0.4) is 0 Å². The van der Waals surface area contributed by atoms with Gasteiger partial charge in [-0.15, -0.1) is 0 Å². The zero-order chi connectivity index (χ0) is 29.4. The standard InChI is InChI=1S/C31H44N4O5S/c1-3-34(30(36)24-25-12-14-28(15-13-25)41(2,39)40)27-16-21-32(22-17-27)23-18-29(26-10-6-4-7-11-26)35(31(37)38)33-19-8-5-9-20-33/h4,6-7,10-15,27,29H,3,5,8-9,16-24H2,1-2H3,(H,37,38)/t29-/m0/s1. The van der Waals surface area contributed by atoms with Crippen LogP contribution in [-0.4, -0.2) is 96.9 Å². The molecule has 224 valence electrons. The van der Waals surface area contributed by atoms with Crippen molar-refractivity contribution >= 4 is 21.8 Å². The van der Waals surface area contributed by atoms with E-state index in [1.807, 2.05) is 47.2 Å². The van der Waals surface area contributed by atoms with E-state index in [9.17, 15) is 23.1 Å². The van der Waals surface area contributed by atoms with E-state index in [0.29, 0.717) is 13.0 Å². The summed E-state index contributed by atoms with van der Waals surface area (Å²) in [5.41, 5.74) is 1.82. The van der Waals surface area contributed by atoms with Crippen molar-refractivity contribution in [3.8, 4) is 0 Å². The summed E-state index contributed by atoms with van der Waals surface area (Å²) in [6.07, 6.45) is 6.14. The molecular formula is C31H44N4O5S. The van der Waals surface area contributed by atoms with E-state index < -0.39 is 15.9 Å². The largest absolute Gasteiger partial charge is 0.464 e. The Bertz CT molecular complexity index is 1240. The molecule has 1 N–H and O–H groups in total. The van der Waals surface area contributed by atoms with Gasteiger partial charge in [-0.3, -0.25) is 4.79 Å². The van der Waals surface area contributed by atoms with Gasteiger partial charge >= 0.3 is 6.09 Å². The highest BCUT2D eigenvalue weighted by Gasteiger charge is 2.33. The lowest BCUT2D eigenvalue weighted by Crippen LogP contribution is -2.51. The van der Waals surface area contributed by atoms with Gasteiger partial charge in [0, 0.05) is 51.6 Å². The van der Waals surface area contributed by atoms with Crippen LogP contribution in [-0.2, 0) is 21.1 Å². The summed E-state index contributed by atoms with van der Waals surface area (Å²) in [5, 5.41) is 13.8. The van der Waals surface area contributed by atoms with Gasteiger partial charge in [0.1, 0.15) is 0 Å². The molecule has 2 fully saturated rings. The number of carboxylic acid groups (broad SMARTS) is 1. The quantitative estimate of drug-likeness (QED) is 0.416. The van der Waals surface area contributed by atoms with Gasteiger partial charge in [0.25, 0.3) is 0 Å². The number of hydrogen-bond acceptors (Lipinski definition) is 6. The molecule has 2 heterocycles. The first-order valence-corrected chi connectivity index (χ1v) is 16.7. The van der Waals surface area contributed by atoms with Gasteiger partial charge in [-0.2, -0.15) is 0 Å². The van der Waals surface area contributed by atoms with E-state index in [0.717, 1.165) is 76.0 Å². The van der Waals surface area contributed by atoms with Gasteiger partial charge in [-0.05, 0) is 62.3 Å². The topological polar surface area (TPSA) is 101 Å². The summed E-state index contributed by atoms with van der Waals surface area (Å²) in [6.45, 7) is 6.67. The molecule has 2 aromatic carbocycles. The Morgan fingerprint density at radius 3 is 2.15 bits per heavy atom. The molecule has 10 heteroatoms. The Morgan fingerprint density at radius 2 is 1.59 bits per heavy atom. The number of hydrazine groups is 1. The molecule has 4 rings (SSSR count). The fourth-order valence-electron chi connectivity index (χ4n) is 6.18. The fraction of sp³-hybridized carbons (Fsp3) is 0.548. The predicted octanol–water partition coefficient (Wildman–Crippen LogP) is 4.46. The van der Waals surface area contributed by atoms with Gasteiger partial charge in [0.05, 0.1) is 17.4 Å². The van der Waals surface area contributed by atoms with Crippen molar-refractivity contribution < 1.29 is 23.1 Å². The Hall–Kier alpha value is -2.95. The predicted molar refractivity (Wildman–Crippen MR) is 159 cm³/mol. The van der Waals surface area contributed by atoms with Gasteiger partial charge in [0.15, 0.2) is 9.84 Å². The first-order valence-electron chi connectivity index (χ1n) is 14.8. The lowest BCUT2D eigenvalue weighted by atomic mass is 9.99. The molecule has 2 aromatic rings. The Morgan fingerprint density at radius 1 is 0.951 bits per heavy atom. The summed E-state index contributed by atoms with van der Waals surface area (Å²) in [6, 6.07) is 16.4. The second-order valence-electron chi connectivity index (χ2n) is 11.2. The Labute approximate surface area is 244 Å². The Balaban J connectivity index is 1.34. The zero-order valence-electron chi connectivity index (χ0n) is 24.3. The number of likely N-dealkylation sites (N-methyl/N-ethyl adjacent to an activating group) is 1. The number of amides is 2. The van der Waals surface area contributed by atoms with Gasteiger partial charge < -0.3 is 14.9 Å². The van der Waals surface area contributed by atoms with Crippen LogP contribution in [0, 0.1) is 0 Å². The van der Waals surface area contributed by atoms with E-state index in [2.05, 4.69) is 4.90 Å². The number of rotatable bonds is 11. The number of carbonyl (C=O) groups is 2. The third-order valence-electron chi connectivity index (χ3n) is 8.40. The molecule has 0 bridgehead atoms. The Kier molecular flexibility index (Phi) is 10.8. The summed E-state index contributed by atoms with van der Waals surface area (Å²) in [7, 11) is -3.27. The van der Waals surface area contributed by atoms with Gasteiger partial charge in [-0.1, -0.05) is 48.9 Å². The van der Waals surface area contributed by atoms with Crippen LogP contribution in [0.1, 0.15) is 62.6 Å². The normalized spacial score (nSPS) is 18.1. The van der Waals surface area contributed by atoms with E-state index in [-0.39, 0.29) is 29.3 Å². The molecule has 41 heavy (non-hydrogen) atoms. The first-order chi connectivity index (χ1) is 19.7. The molecule has 0 aromatic heterocycles. The summed E-state index contributed by atoms with van der Waals surface area (Å²) in [5.74, 6) is 0.0563. The highest BCUT2D eigenvalue weighted by Crippen LogP contribution is 2.29. The van der Waals surface area contributed by atoms with Crippen LogP contribution in [0.5, 0.6) is 0 Å². The minimum Gasteiger partial charge on any atom is -0.464 e. The first kappa shape index (κ1) is 31.0. The highest BCUT2D eigenvalue weighted by molar-refractivity contribution is 7.90. The minimum atomic E-state index is -3.27. The molecule has 0 unspecified atom stereocenters. The zero-order valence-corrected chi connectivity index (χ0v) is 25.1. The van der Waals surface area contributed by atoms with Crippen molar-refractivity contribution in [2.24, 2.45) is 0 Å². The van der Waals surface area contributed by atoms with Crippen molar-refractivity contribution in [2.45, 2.75) is 68.8 Å². The maximum absolute atomic E-state index is 13.2. The molecule has 0 spiro atoms. The average molecular weight is 585 g/mol. The number of likely N-dealkylation sites (tertiary alicyclic amines) is 1. The molecule has 9 nitrogen and oxygen atoms in total. The molecule has 2 aliphatic heterocycles. The number of nitrogens with zero attached hydrogens (tertiary/aromatic N) is 4. The minimum absolute atomic E-state index is 0.0563. The van der Waals surface area contributed by atoms with Gasteiger partial charge in [0.2, 0.25) is 5.91 Å². The molecule has 0 saturated carbocycles. The molecule has 1 atom stereocenters. The van der Waals surface area contributed by atoms with E-state index in [4.69, 9.17) is 0 Å². The molecule has 2 aliphatic rings. The molecule has 0 aliphatic carbocycles. The second kappa shape index (κ2) is 14.3. The van der Waals surface area contributed by atoms with Crippen molar-refractivity contribution in [3.05, 3.63) is 65.7 Å².